The Kier molecular flexibility index (Phi) is 5.77. The molecule has 3 aromatic rings. The largest absolute Gasteiger partial charge is 0.527 e. The van der Waals surface area contributed by atoms with Crippen LogP contribution in [0, 0.1) is 0 Å². The van der Waals surface area contributed by atoms with Gasteiger partial charge in [0, 0.05) is 7.05 Å². The van der Waals surface area contributed by atoms with Crippen LogP contribution in [-0.2, 0) is 13.8 Å². The van der Waals surface area contributed by atoms with E-state index in [0.29, 0.717) is 11.3 Å². The van der Waals surface area contributed by atoms with Gasteiger partial charge >= 0.3 is 7.82 Å². The Morgan fingerprint density at radius 1 is 1.38 bits per heavy atom. The molecule has 1 saturated heterocycles. The Hall–Kier alpha value is -2.83. The molecule has 1 aliphatic rings. The molecular weight excluding hydrogens is 446 g/mol. The molecule has 14 heteroatoms. The monoisotopic (exact) mass is 468 g/mol. The van der Waals surface area contributed by atoms with Crippen LogP contribution in [0.15, 0.2) is 36.7 Å². The van der Waals surface area contributed by atoms with Gasteiger partial charge in [-0.05, 0) is 19.1 Å². The molecule has 3 heterocycles. The summed E-state index contributed by atoms with van der Waals surface area (Å²) in [5.74, 6) is 0.383. The number of benzene rings is 1. The van der Waals surface area contributed by atoms with E-state index in [1.807, 2.05) is 0 Å². The van der Waals surface area contributed by atoms with Gasteiger partial charge in [0.1, 0.15) is 18.0 Å². The predicted molar refractivity (Wildman–Crippen MR) is 112 cm³/mol. The zero-order chi connectivity index (χ0) is 23.1. The van der Waals surface area contributed by atoms with Crippen molar-refractivity contribution >= 4 is 30.8 Å². The number of hydrogen-bond donors (Lipinski definition) is 4. The van der Waals surface area contributed by atoms with Crippen LogP contribution in [0.5, 0.6) is 5.75 Å². The standard InChI is InChI=1S/C18H22FN6O6P/c1-18(19)13(26)11(8-29-32(27,28)31-10-6-4-3-5-7-10)30-16(18)25-9-22-12-14(21-2)23-17(20)24-15(12)25/h3-7,9,11,13,16,26H,8H2,1-2H3,(H,27,28)(H3,20,21,23,24)/t11-,13-,16-,18-/m1/s1. The van der Waals surface area contributed by atoms with E-state index in [1.54, 1.807) is 25.2 Å². The van der Waals surface area contributed by atoms with Gasteiger partial charge in [0.15, 0.2) is 28.9 Å². The van der Waals surface area contributed by atoms with Gasteiger partial charge in [0.25, 0.3) is 0 Å². The number of para-hydroxylation sites is 1. The molecule has 12 nitrogen and oxygen atoms in total. The highest BCUT2D eigenvalue weighted by molar-refractivity contribution is 7.47. The molecule has 5 N–H and O–H groups in total. The lowest BCUT2D eigenvalue weighted by Gasteiger charge is -2.24. The zero-order valence-electron chi connectivity index (χ0n) is 17.1. The normalized spacial score (nSPS) is 27.3. The molecule has 0 radical (unpaired) electrons. The molecular formula is C18H22FN6O6P. The number of nitrogen functional groups attached to an aromatic ring is 1. The topological polar surface area (TPSA) is 167 Å². The highest BCUT2D eigenvalue weighted by atomic mass is 31.2. The number of nitrogens with two attached hydrogens (primary N) is 1. The Bertz CT molecular complexity index is 1160. The maximum atomic E-state index is 15.5. The van der Waals surface area contributed by atoms with Crippen molar-refractivity contribution in [2.45, 2.75) is 31.0 Å². The van der Waals surface area contributed by atoms with Gasteiger partial charge in [-0.2, -0.15) is 9.97 Å². The first kappa shape index (κ1) is 22.4. The summed E-state index contributed by atoms with van der Waals surface area (Å²) in [6.45, 7) is 0.528. The number of phosphoric ester groups is 1. The smallest absolute Gasteiger partial charge is 0.404 e. The molecule has 32 heavy (non-hydrogen) atoms. The third-order valence-corrected chi connectivity index (χ3v) is 5.93. The molecule has 1 aromatic carbocycles. The van der Waals surface area contributed by atoms with E-state index in [4.69, 9.17) is 19.5 Å². The molecule has 0 spiro atoms. The van der Waals surface area contributed by atoms with E-state index < -0.39 is 38.5 Å². The second kappa shape index (κ2) is 8.26. The fourth-order valence-corrected chi connectivity index (χ4v) is 4.21. The molecule has 0 amide bonds. The molecule has 2 aromatic heterocycles. The Balaban J connectivity index is 1.54. The van der Waals surface area contributed by atoms with Gasteiger partial charge in [0.05, 0.1) is 12.9 Å². The number of ether oxygens (including phenoxy) is 1. The van der Waals surface area contributed by atoms with Crippen LogP contribution in [0.25, 0.3) is 11.2 Å². The van der Waals surface area contributed by atoms with Crippen LogP contribution in [0.2, 0.25) is 0 Å². The van der Waals surface area contributed by atoms with Crippen LogP contribution >= 0.6 is 7.82 Å². The number of nitrogens with one attached hydrogen (secondary N) is 1. The van der Waals surface area contributed by atoms with Crippen molar-refractivity contribution in [3.05, 3.63) is 36.7 Å². The lowest BCUT2D eigenvalue weighted by molar-refractivity contribution is -0.0558. The summed E-state index contributed by atoms with van der Waals surface area (Å²) >= 11 is 0. The Morgan fingerprint density at radius 2 is 2.09 bits per heavy atom. The average molecular weight is 468 g/mol. The molecule has 4 rings (SSSR count). The number of aliphatic hydroxyl groups excluding tert-OH is 1. The fraction of sp³-hybridized carbons (Fsp3) is 0.389. The third-order valence-electron chi connectivity index (χ3n) is 5.01. The number of aromatic nitrogens is 4. The summed E-state index contributed by atoms with van der Waals surface area (Å²) in [6, 6.07) is 7.88. The minimum absolute atomic E-state index is 0.0677. The summed E-state index contributed by atoms with van der Waals surface area (Å²) < 4.78 is 44.6. The first-order valence-corrected chi connectivity index (χ1v) is 11.0. The summed E-state index contributed by atoms with van der Waals surface area (Å²) in [6.07, 6.45) is -3.06. The van der Waals surface area contributed by atoms with E-state index in [9.17, 15) is 14.6 Å². The first-order valence-electron chi connectivity index (χ1n) is 9.54. The van der Waals surface area contributed by atoms with Crippen LogP contribution in [-0.4, -0.2) is 61.1 Å². The number of anilines is 2. The number of halogens is 1. The van der Waals surface area contributed by atoms with Crippen molar-refractivity contribution in [3.8, 4) is 5.75 Å². The highest BCUT2D eigenvalue weighted by Gasteiger charge is 2.56. The van der Waals surface area contributed by atoms with Crippen molar-refractivity contribution in [3.63, 3.8) is 0 Å². The van der Waals surface area contributed by atoms with Crippen molar-refractivity contribution in [1.29, 1.82) is 0 Å². The van der Waals surface area contributed by atoms with Gasteiger partial charge in [-0.15, -0.1) is 0 Å². The maximum absolute atomic E-state index is 15.5. The minimum atomic E-state index is -4.55. The van der Waals surface area contributed by atoms with Crippen molar-refractivity contribution in [2.75, 3.05) is 24.7 Å². The number of phosphoric acid groups is 1. The Labute approximate surface area is 181 Å². The van der Waals surface area contributed by atoms with Gasteiger partial charge in [-0.1, -0.05) is 18.2 Å². The summed E-state index contributed by atoms with van der Waals surface area (Å²) in [4.78, 5) is 22.2. The number of nitrogens with zero attached hydrogens (tertiary/aromatic N) is 4. The quantitative estimate of drug-likeness (QED) is 0.372. The summed E-state index contributed by atoms with van der Waals surface area (Å²) in [5, 5.41) is 13.3. The predicted octanol–water partition coefficient (Wildman–Crippen LogP) is 1.63. The second-order valence-corrected chi connectivity index (χ2v) is 8.67. The molecule has 1 fully saturated rings. The Morgan fingerprint density at radius 3 is 2.78 bits per heavy atom. The van der Waals surface area contributed by atoms with Crippen molar-refractivity contribution < 1.29 is 32.7 Å². The number of fused-ring (bicyclic) bond motifs is 1. The third kappa shape index (κ3) is 4.12. The second-order valence-electron chi connectivity index (χ2n) is 7.30. The van der Waals surface area contributed by atoms with E-state index in [2.05, 4.69) is 20.3 Å². The number of alkyl halides is 1. The van der Waals surface area contributed by atoms with Gasteiger partial charge < -0.3 is 25.4 Å². The summed E-state index contributed by atoms with van der Waals surface area (Å²) in [5.41, 5.74) is 3.92. The lowest BCUT2D eigenvalue weighted by Crippen LogP contribution is -2.40. The summed E-state index contributed by atoms with van der Waals surface area (Å²) in [7, 11) is -2.93. The average Bonchev–Trinajstić information content (AvgIpc) is 3.25. The minimum Gasteiger partial charge on any atom is -0.404 e. The number of imidazole rings is 1. The number of rotatable bonds is 7. The van der Waals surface area contributed by atoms with Crippen molar-refractivity contribution in [2.24, 2.45) is 0 Å². The fourth-order valence-electron chi connectivity index (χ4n) is 3.44. The molecule has 1 unspecified atom stereocenters. The van der Waals surface area contributed by atoms with E-state index in [-0.39, 0.29) is 17.3 Å². The number of hydrogen-bond acceptors (Lipinski definition) is 10. The highest BCUT2D eigenvalue weighted by Crippen LogP contribution is 2.47. The van der Waals surface area contributed by atoms with Gasteiger partial charge in [-0.3, -0.25) is 14.0 Å². The molecule has 172 valence electrons. The molecule has 0 bridgehead atoms. The van der Waals surface area contributed by atoms with Crippen molar-refractivity contribution in [1.82, 2.24) is 19.5 Å². The number of aliphatic hydroxyl groups is 1. The molecule has 0 aliphatic carbocycles. The van der Waals surface area contributed by atoms with Gasteiger partial charge in [-0.25, -0.2) is 13.9 Å². The molecule has 0 saturated carbocycles. The lowest BCUT2D eigenvalue weighted by atomic mass is 9.98. The molecule has 1 aliphatic heterocycles. The van der Waals surface area contributed by atoms with Crippen LogP contribution < -0.4 is 15.6 Å². The van der Waals surface area contributed by atoms with E-state index in [1.165, 1.54) is 23.0 Å². The van der Waals surface area contributed by atoms with Crippen LogP contribution in [0.3, 0.4) is 0 Å². The molecule has 5 atom stereocenters. The van der Waals surface area contributed by atoms with E-state index in [0.717, 1.165) is 6.92 Å². The SMILES string of the molecule is CNc1nc(N)nc2c1ncn2[C@@H]1O[C@H](COP(=O)(O)Oc2ccccc2)[C@@H](O)[C@@]1(C)F. The van der Waals surface area contributed by atoms with E-state index >= 15 is 4.39 Å². The van der Waals surface area contributed by atoms with Gasteiger partial charge in [0.2, 0.25) is 5.95 Å². The maximum Gasteiger partial charge on any atom is 0.527 e. The van der Waals surface area contributed by atoms with Crippen LogP contribution in [0.1, 0.15) is 13.2 Å². The zero-order valence-corrected chi connectivity index (χ0v) is 18.0. The van der Waals surface area contributed by atoms with Crippen LogP contribution in [0.4, 0.5) is 16.2 Å². The first-order chi connectivity index (χ1) is 15.1.